The van der Waals surface area contributed by atoms with Crippen LogP contribution in [0.2, 0.25) is 0 Å². The molecule has 1 aromatic carbocycles. The quantitative estimate of drug-likeness (QED) is 0.864. The molecule has 1 aromatic rings. The van der Waals surface area contributed by atoms with E-state index in [4.69, 9.17) is 9.84 Å². The predicted molar refractivity (Wildman–Crippen MR) is 72.3 cm³/mol. The van der Waals surface area contributed by atoms with Gasteiger partial charge in [0.15, 0.2) is 0 Å². The highest BCUT2D eigenvalue weighted by atomic mass is 19.1. The van der Waals surface area contributed by atoms with E-state index in [0.717, 1.165) is 25.7 Å². The number of nitrogens with one attached hydrogen (secondary N) is 1. The zero-order valence-electron chi connectivity index (χ0n) is 11.4. The average Bonchev–Trinajstić information content (AvgIpc) is 2.45. The number of halogens is 1. The van der Waals surface area contributed by atoms with Crippen LogP contribution >= 0.6 is 0 Å². The molecule has 1 atom stereocenters. The van der Waals surface area contributed by atoms with Crippen LogP contribution in [0.4, 0.5) is 4.39 Å². The number of hydrogen-bond acceptors (Lipinski definition) is 4. The van der Waals surface area contributed by atoms with Gasteiger partial charge in [-0.25, -0.2) is 4.39 Å². The van der Waals surface area contributed by atoms with E-state index < -0.39 is 11.7 Å². The maximum Gasteiger partial charge on any atom is 0.254 e. The smallest absolute Gasteiger partial charge is 0.254 e. The maximum atomic E-state index is 13.5. The number of phenols is 1. The van der Waals surface area contributed by atoms with Crippen LogP contribution in [-0.2, 0) is 4.74 Å². The number of nitrogens with zero attached hydrogens (tertiary/aromatic N) is 1. The van der Waals surface area contributed by atoms with Gasteiger partial charge in [0.25, 0.3) is 5.91 Å². The van der Waals surface area contributed by atoms with Crippen molar-refractivity contribution >= 4 is 5.91 Å². The normalized spacial score (nSPS) is 19.8. The zero-order valence-corrected chi connectivity index (χ0v) is 11.4. The molecule has 0 bridgehead atoms. The number of amides is 1. The highest BCUT2D eigenvalue weighted by molar-refractivity contribution is 5.94. The van der Waals surface area contributed by atoms with Crippen molar-refractivity contribution in [1.29, 1.82) is 0 Å². The lowest BCUT2D eigenvalue weighted by molar-refractivity contribution is -0.0246. The molecule has 1 aliphatic rings. The minimum Gasteiger partial charge on any atom is -0.508 e. The first-order valence-electron chi connectivity index (χ1n) is 6.70. The van der Waals surface area contributed by atoms with Crippen molar-refractivity contribution in [2.45, 2.75) is 13.0 Å². The van der Waals surface area contributed by atoms with E-state index in [2.05, 4.69) is 17.1 Å². The van der Waals surface area contributed by atoms with E-state index >= 15 is 0 Å². The lowest BCUT2D eigenvalue weighted by Gasteiger charge is -2.32. The van der Waals surface area contributed by atoms with Crippen molar-refractivity contribution in [3.8, 4) is 5.75 Å². The van der Waals surface area contributed by atoms with Gasteiger partial charge in [0.2, 0.25) is 0 Å². The van der Waals surface area contributed by atoms with Crippen molar-refractivity contribution in [1.82, 2.24) is 10.2 Å². The fourth-order valence-corrected chi connectivity index (χ4v) is 2.18. The first-order valence-corrected chi connectivity index (χ1v) is 6.70. The van der Waals surface area contributed by atoms with Crippen LogP contribution in [0.15, 0.2) is 18.2 Å². The number of carbonyl (C=O) groups excluding carboxylic acids is 1. The molecule has 0 spiro atoms. The van der Waals surface area contributed by atoms with Crippen LogP contribution in [-0.4, -0.2) is 54.8 Å². The van der Waals surface area contributed by atoms with Gasteiger partial charge in [-0.05, 0) is 18.7 Å². The fourth-order valence-electron chi connectivity index (χ4n) is 2.18. The van der Waals surface area contributed by atoms with Gasteiger partial charge in [-0.3, -0.25) is 9.69 Å². The van der Waals surface area contributed by atoms with Gasteiger partial charge in [-0.2, -0.15) is 0 Å². The van der Waals surface area contributed by atoms with Crippen LogP contribution in [0.1, 0.15) is 17.3 Å². The second kappa shape index (κ2) is 6.67. The highest BCUT2D eigenvalue weighted by Gasteiger charge is 2.20. The largest absolute Gasteiger partial charge is 0.508 e. The summed E-state index contributed by atoms with van der Waals surface area (Å²) in [5, 5.41) is 11.8. The second-order valence-electron chi connectivity index (χ2n) is 4.76. The van der Waals surface area contributed by atoms with Crippen molar-refractivity contribution < 1.29 is 19.0 Å². The number of hydrogen-bond donors (Lipinski definition) is 2. The third-order valence-electron chi connectivity index (χ3n) is 3.36. The molecule has 110 valence electrons. The molecule has 2 rings (SSSR count). The van der Waals surface area contributed by atoms with Gasteiger partial charge in [0.05, 0.1) is 18.3 Å². The molecule has 0 aliphatic carbocycles. The number of morpholine rings is 1. The predicted octanol–water partition coefficient (Wildman–Crippen LogP) is 0.982. The summed E-state index contributed by atoms with van der Waals surface area (Å²) in [5.74, 6) is -1.43. The van der Waals surface area contributed by atoms with Crippen LogP contribution in [0, 0.1) is 5.82 Å². The molecule has 1 aliphatic heterocycles. The maximum absolute atomic E-state index is 13.5. The number of benzene rings is 1. The van der Waals surface area contributed by atoms with Crippen molar-refractivity contribution in [3.63, 3.8) is 0 Å². The summed E-state index contributed by atoms with van der Waals surface area (Å²) in [6.07, 6.45) is -0.0761. The topological polar surface area (TPSA) is 61.8 Å². The summed E-state index contributed by atoms with van der Waals surface area (Å²) in [6.45, 7) is 5.66. The molecular formula is C14H19FN2O3. The molecule has 1 fully saturated rings. The summed E-state index contributed by atoms with van der Waals surface area (Å²) in [5.41, 5.74) is -0.0778. The molecule has 2 N–H and O–H groups in total. The molecular weight excluding hydrogens is 263 g/mol. The minimum atomic E-state index is -0.734. The first kappa shape index (κ1) is 14.7. The SMILES string of the molecule is CCN1CCOC(CNC(=O)c2ccc(O)cc2F)C1. The Kier molecular flexibility index (Phi) is 4.92. The Morgan fingerprint density at radius 3 is 3.10 bits per heavy atom. The Hall–Kier alpha value is -1.66. The number of rotatable bonds is 4. The molecule has 0 radical (unpaired) electrons. The Balaban J connectivity index is 1.88. The van der Waals surface area contributed by atoms with Crippen LogP contribution < -0.4 is 5.32 Å². The summed E-state index contributed by atoms with van der Waals surface area (Å²) in [4.78, 5) is 14.1. The number of ether oxygens (including phenoxy) is 1. The second-order valence-corrected chi connectivity index (χ2v) is 4.76. The Morgan fingerprint density at radius 2 is 2.40 bits per heavy atom. The molecule has 0 aromatic heterocycles. The van der Waals surface area contributed by atoms with Gasteiger partial charge in [0, 0.05) is 25.7 Å². The van der Waals surface area contributed by atoms with Crippen LogP contribution in [0.5, 0.6) is 5.75 Å². The number of carbonyl (C=O) groups is 1. The molecule has 0 saturated carbocycles. The number of aromatic hydroxyl groups is 1. The molecule has 6 heteroatoms. The van der Waals surface area contributed by atoms with Gasteiger partial charge in [0.1, 0.15) is 11.6 Å². The van der Waals surface area contributed by atoms with E-state index in [1.807, 2.05) is 0 Å². The van der Waals surface area contributed by atoms with Crippen LogP contribution in [0.25, 0.3) is 0 Å². The monoisotopic (exact) mass is 282 g/mol. The lowest BCUT2D eigenvalue weighted by Crippen LogP contribution is -2.47. The van der Waals surface area contributed by atoms with Crippen molar-refractivity contribution in [3.05, 3.63) is 29.6 Å². The van der Waals surface area contributed by atoms with E-state index in [1.165, 1.54) is 12.1 Å². The minimum absolute atomic E-state index is 0.0761. The van der Waals surface area contributed by atoms with E-state index in [1.54, 1.807) is 0 Å². The summed E-state index contributed by atoms with van der Waals surface area (Å²) in [6, 6.07) is 3.47. The number of phenolic OH excluding ortho intramolecular Hbond substituents is 1. The molecule has 1 heterocycles. The first-order chi connectivity index (χ1) is 9.60. The van der Waals surface area contributed by atoms with Crippen molar-refractivity contribution in [2.24, 2.45) is 0 Å². The van der Waals surface area contributed by atoms with Gasteiger partial charge < -0.3 is 15.2 Å². The van der Waals surface area contributed by atoms with E-state index in [0.29, 0.717) is 13.2 Å². The van der Waals surface area contributed by atoms with Gasteiger partial charge in [-0.1, -0.05) is 6.92 Å². The van der Waals surface area contributed by atoms with Gasteiger partial charge in [-0.15, -0.1) is 0 Å². The zero-order chi connectivity index (χ0) is 14.5. The average molecular weight is 282 g/mol. The lowest BCUT2D eigenvalue weighted by atomic mass is 10.2. The Bertz CT molecular complexity index is 481. The Labute approximate surface area is 117 Å². The van der Waals surface area contributed by atoms with Crippen LogP contribution in [0.3, 0.4) is 0 Å². The van der Waals surface area contributed by atoms with E-state index in [9.17, 15) is 9.18 Å². The number of likely N-dealkylation sites (N-methyl/N-ethyl adjacent to an activating group) is 1. The molecule has 20 heavy (non-hydrogen) atoms. The molecule has 5 nitrogen and oxygen atoms in total. The third-order valence-corrected chi connectivity index (χ3v) is 3.36. The molecule has 1 saturated heterocycles. The summed E-state index contributed by atoms with van der Waals surface area (Å²) in [7, 11) is 0. The molecule has 1 unspecified atom stereocenters. The molecule has 1 amide bonds. The van der Waals surface area contributed by atoms with E-state index in [-0.39, 0.29) is 17.4 Å². The van der Waals surface area contributed by atoms with Crippen molar-refractivity contribution in [2.75, 3.05) is 32.8 Å². The Morgan fingerprint density at radius 1 is 1.60 bits per heavy atom. The standard InChI is InChI=1S/C14H19FN2O3/c1-2-17-5-6-20-11(9-17)8-16-14(19)12-4-3-10(18)7-13(12)15/h3-4,7,11,18H,2,5-6,8-9H2,1H3,(H,16,19). The highest BCUT2D eigenvalue weighted by Crippen LogP contribution is 2.15. The third kappa shape index (κ3) is 3.68. The van der Waals surface area contributed by atoms with Gasteiger partial charge >= 0.3 is 0 Å². The summed E-state index contributed by atoms with van der Waals surface area (Å²) >= 11 is 0. The fraction of sp³-hybridized carbons (Fsp3) is 0.500. The summed E-state index contributed by atoms with van der Waals surface area (Å²) < 4.78 is 19.1.